The number of hydrogen-bond donors (Lipinski definition) is 3. The molecule has 0 radical (unpaired) electrons. The van der Waals surface area contributed by atoms with Gasteiger partial charge in [-0.3, -0.25) is 37.3 Å². The van der Waals surface area contributed by atoms with Gasteiger partial charge in [0.15, 0.2) is 12.2 Å². The third-order valence-electron chi connectivity index (χ3n) is 18.0. The van der Waals surface area contributed by atoms with E-state index in [2.05, 4.69) is 48.5 Å². The Morgan fingerprint density at radius 2 is 0.537 bits per heavy atom. The van der Waals surface area contributed by atoms with Crippen molar-refractivity contribution in [3.63, 3.8) is 0 Å². The van der Waals surface area contributed by atoms with Gasteiger partial charge in [0.05, 0.1) is 26.4 Å². The Kier molecular flexibility index (Phi) is 65.2. The van der Waals surface area contributed by atoms with Crippen molar-refractivity contribution < 1.29 is 80.2 Å². The van der Waals surface area contributed by atoms with E-state index >= 15 is 0 Å². The van der Waals surface area contributed by atoms with Crippen LogP contribution in [0.15, 0.2) is 0 Å². The summed E-state index contributed by atoms with van der Waals surface area (Å²) >= 11 is 0. The topological polar surface area (TPSA) is 237 Å². The van der Waals surface area contributed by atoms with E-state index < -0.39 is 97.5 Å². The number of phosphoric ester groups is 2. The Morgan fingerprint density at radius 3 is 0.800 bits per heavy atom. The summed E-state index contributed by atoms with van der Waals surface area (Å²) < 4.78 is 68.5. The molecule has 0 bridgehead atoms. The number of aliphatic hydroxyl groups is 1. The van der Waals surface area contributed by atoms with Crippen molar-refractivity contribution in [3.05, 3.63) is 0 Å². The smallest absolute Gasteiger partial charge is 0.462 e. The second-order valence-corrected chi connectivity index (χ2v) is 31.5. The highest BCUT2D eigenvalue weighted by molar-refractivity contribution is 7.47. The molecule has 0 saturated heterocycles. The van der Waals surface area contributed by atoms with E-state index in [1.165, 1.54) is 193 Å². The lowest BCUT2D eigenvalue weighted by Gasteiger charge is -2.21. The van der Waals surface area contributed by atoms with Gasteiger partial charge in [-0.25, -0.2) is 9.13 Å². The van der Waals surface area contributed by atoms with E-state index in [0.29, 0.717) is 25.7 Å². The first kappa shape index (κ1) is 93.1. The van der Waals surface area contributed by atoms with Crippen molar-refractivity contribution in [3.8, 4) is 0 Å². The molecule has 3 unspecified atom stereocenters. The van der Waals surface area contributed by atoms with Crippen LogP contribution in [0.2, 0.25) is 0 Å². The maximum Gasteiger partial charge on any atom is 0.472 e. The molecule has 17 nitrogen and oxygen atoms in total. The lowest BCUT2D eigenvalue weighted by Crippen LogP contribution is -2.30. The molecule has 564 valence electrons. The maximum absolute atomic E-state index is 13.1. The number of ether oxygens (including phenoxy) is 4. The Hall–Kier alpha value is -1.94. The number of carbonyl (C=O) groups is 4. The summed E-state index contributed by atoms with van der Waals surface area (Å²) in [5.74, 6) is 0.0890. The van der Waals surface area contributed by atoms with Gasteiger partial charge in [-0.2, -0.15) is 0 Å². The second kappa shape index (κ2) is 66.6. The molecule has 0 aliphatic carbocycles. The molecule has 0 aliphatic heterocycles. The van der Waals surface area contributed by atoms with Gasteiger partial charge in [-0.05, 0) is 43.4 Å². The summed E-state index contributed by atoms with van der Waals surface area (Å²) in [5, 5.41) is 10.6. The van der Waals surface area contributed by atoms with Gasteiger partial charge in [-0.15, -0.1) is 0 Å². The third kappa shape index (κ3) is 69.0. The Labute approximate surface area is 581 Å². The standard InChI is InChI=1S/C76H148O17P2/c1-8-10-11-12-13-14-15-16-17-18-19-20-21-22-23-24-25-30-36-45-52-59-75(80)92-71(63-86-73(78)57-50-43-35-31-26-28-33-40-47-54-67(3)4)65-90-94(82,83)88-61-70(77)62-89-95(84,85)91-66-72(64-87-74(79)58-51-44-39-38-42-49-56-69(7)9-2)93-76(81)60-53-46-37-32-27-29-34-41-48-55-68(5)6/h67-72,77H,8-66H2,1-7H3,(H,82,83)(H,84,85)/t69?,70-,71-,72-/m1/s1. The Morgan fingerprint density at radius 1 is 0.305 bits per heavy atom. The number of phosphoric acid groups is 2. The fourth-order valence-corrected chi connectivity index (χ4v) is 13.1. The zero-order valence-electron chi connectivity index (χ0n) is 62.1. The molecule has 3 N–H and O–H groups in total. The number of hydrogen-bond acceptors (Lipinski definition) is 15. The maximum atomic E-state index is 13.1. The fraction of sp³-hybridized carbons (Fsp3) is 0.947. The number of aliphatic hydroxyl groups excluding tert-OH is 1. The van der Waals surface area contributed by atoms with Crippen LogP contribution in [0.5, 0.6) is 0 Å². The molecule has 0 rings (SSSR count). The lowest BCUT2D eigenvalue weighted by molar-refractivity contribution is -0.161. The Balaban J connectivity index is 5.20. The zero-order valence-corrected chi connectivity index (χ0v) is 63.9. The van der Waals surface area contributed by atoms with E-state index in [9.17, 15) is 43.2 Å². The molecule has 0 amide bonds. The number of carbonyl (C=O) groups excluding carboxylic acids is 4. The summed E-state index contributed by atoms with van der Waals surface area (Å²) in [6, 6.07) is 0. The van der Waals surface area contributed by atoms with Crippen molar-refractivity contribution in [2.24, 2.45) is 17.8 Å². The summed E-state index contributed by atoms with van der Waals surface area (Å²) in [6.07, 6.45) is 53.0. The second-order valence-electron chi connectivity index (χ2n) is 28.6. The van der Waals surface area contributed by atoms with Crippen LogP contribution in [0, 0.1) is 17.8 Å². The fourth-order valence-electron chi connectivity index (χ4n) is 11.6. The van der Waals surface area contributed by atoms with E-state index in [-0.39, 0.29) is 25.7 Å². The first-order valence-corrected chi connectivity index (χ1v) is 42.4. The number of unbranched alkanes of at least 4 members (excludes halogenated alkanes) is 41. The average molecular weight is 1400 g/mol. The van der Waals surface area contributed by atoms with Crippen molar-refractivity contribution in [2.45, 2.75) is 407 Å². The average Bonchev–Trinajstić information content (AvgIpc) is 1.20. The van der Waals surface area contributed by atoms with E-state index in [1.807, 2.05) is 0 Å². The molecule has 0 heterocycles. The van der Waals surface area contributed by atoms with Crippen LogP contribution in [0.1, 0.15) is 389 Å². The van der Waals surface area contributed by atoms with E-state index in [0.717, 1.165) is 114 Å². The highest BCUT2D eigenvalue weighted by Gasteiger charge is 2.30. The van der Waals surface area contributed by atoms with Gasteiger partial charge in [0.2, 0.25) is 0 Å². The normalized spacial score (nSPS) is 14.4. The van der Waals surface area contributed by atoms with Crippen LogP contribution < -0.4 is 0 Å². The van der Waals surface area contributed by atoms with Crippen LogP contribution in [-0.4, -0.2) is 96.7 Å². The largest absolute Gasteiger partial charge is 0.472 e. The van der Waals surface area contributed by atoms with Crippen LogP contribution >= 0.6 is 15.6 Å². The van der Waals surface area contributed by atoms with Crippen molar-refractivity contribution in [1.82, 2.24) is 0 Å². The minimum absolute atomic E-state index is 0.104. The van der Waals surface area contributed by atoms with Gasteiger partial charge in [0, 0.05) is 25.7 Å². The van der Waals surface area contributed by atoms with Gasteiger partial charge in [-0.1, -0.05) is 337 Å². The molecular weight excluding hydrogens is 1250 g/mol. The van der Waals surface area contributed by atoms with E-state index in [4.69, 9.17) is 37.0 Å². The molecule has 6 atom stereocenters. The summed E-state index contributed by atoms with van der Waals surface area (Å²) in [5.41, 5.74) is 0. The van der Waals surface area contributed by atoms with Crippen molar-refractivity contribution >= 4 is 39.5 Å². The summed E-state index contributed by atoms with van der Waals surface area (Å²) in [4.78, 5) is 72.8. The highest BCUT2D eigenvalue weighted by Crippen LogP contribution is 2.45. The van der Waals surface area contributed by atoms with Gasteiger partial charge >= 0.3 is 39.5 Å². The summed E-state index contributed by atoms with van der Waals surface area (Å²) in [6.45, 7) is 11.8. The zero-order chi connectivity index (χ0) is 70.1. The van der Waals surface area contributed by atoms with Crippen LogP contribution in [0.4, 0.5) is 0 Å². The first-order chi connectivity index (χ1) is 45.8. The van der Waals surface area contributed by atoms with Crippen LogP contribution in [0.3, 0.4) is 0 Å². The van der Waals surface area contributed by atoms with Gasteiger partial charge in [0.1, 0.15) is 19.3 Å². The van der Waals surface area contributed by atoms with Crippen LogP contribution in [0.25, 0.3) is 0 Å². The Bertz CT molecular complexity index is 1850. The lowest BCUT2D eigenvalue weighted by atomic mass is 10.00. The van der Waals surface area contributed by atoms with Gasteiger partial charge < -0.3 is 33.8 Å². The molecule has 0 fully saturated rings. The SMILES string of the molecule is CCCCCCCCCCCCCCCCCCCCCCCC(=O)O[C@H](COC(=O)CCCCCCCCCCCC(C)C)COP(=O)(O)OC[C@@H](O)COP(=O)(O)OC[C@@H](COC(=O)CCCCCCCCC(C)CC)OC(=O)CCCCCCCCCCCC(C)C. The molecule has 19 heteroatoms. The van der Waals surface area contributed by atoms with Crippen molar-refractivity contribution in [2.75, 3.05) is 39.6 Å². The molecule has 0 aromatic heterocycles. The molecule has 0 saturated carbocycles. The molecule has 0 spiro atoms. The molecule has 0 aromatic carbocycles. The number of esters is 4. The minimum atomic E-state index is -4.96. The van der Waals surface area contributed by atoms with E-state index in [1.54, 1.807) is 0 Å². The molecule has 0 aromatic rings. The highest BCUT2D eigenvalue weighted by atomic mass is 31.2. The monoisotopic (exact) mass is 1400 g/mol. The molecular formula is C76H148O17P2. The molecule has 0 aliphatic rings. The minimum Gasteiger partial charge on any atom is -0.462 e. The third-order valence-corrected chi connectivity index (χ3v) is 19.9. The quantitative estimate of drug-likeness (QED) is 0.0222. The van der Waals surface area contributed by atoms with Crippen LogP contribution in [-0.2, 0) is 65.4 Å². The predicted molar refractivity (Wildman–Crippen MR) is 386 cm³/mol. The van der Waals surface area contributed by atoms with Crippen molar-refractivity contribution in [1.29, 1.82) is 0 Å². The van der Waals surface area contributed by atoms with Gasteiger partial charge in [0.25, 0.3) is 0 Å². The summed E-state index contributed by atoms with van der Waals surface area (Å²) in [7, 11) is -9.91. The predicted octanol–water partition coefficient (Wildman–Crippen LogP) is 22.2. The number of rotatable bonds is 74. The molecule has 95 heavy (non-hydrogen) atoms. The first-order valence-electron chi connectivity index (χ1n) is 39.4.